The maximum absolute atomic E-state index is 13.1. The Bertz CT molecular complexity index is 627. The molecule has 1 fully saturated rings. The van der Waals surface area contributed by atoms with Crippen molar-refractivity contribution in [3.05, 3.63) is 23.5 Å². The molecule has 2 aliphatic rings. The highest BCUT2D eigenvalue weighted by atomic mass is 19.4. The minimum absolute atomic E-state index is 0.107. The molecule has 1 saturated heterocycles. The monoisotopic (exact) mass is 301 g/mol. The molecule has 1 aromatic heterocycles. The van der Waals surface area contributed by atoms with Crippen molar-refractivity contribution in [2.45, 2.75) is 19.0 Å². The molecule has 0 saturated carbocycles. The number of rotatable bonds is 1. The van der Waals surface area contributed by atoms with E-state index in [0.717, 1.165) is 4.68 Å². The molecule has 114 valence electrons. The first kappa shape index (κ1) is 14.0. The highest BCUT2D eigenvalue weighted by Gasteiger charge is 2.48. The molecule has 0 radical (unpaired) electrons. The maximum Gasteiger partial charge on any atom is 0.433 e. The Morgan fingerprint density at radius 2 is 2.10 bits per heavy atom. The summed E-state index contributed by atoms with van der Waals surface area (Å²) in [5.74, 6) is 0. The van der Waals surface area contributed by atoms with Gasteiger partial charge in [0.2, 0.25) is 0 Å². The van der Waals surface area contributed by atoms with E-state index in [1.807, 2.05) is 0 Å². The highest BCUT2D eigenvalue weighted by molar-refractivity contribution is 5.72. The molecule has 0 unspecified atom stereocenters. The minimum atomic E-state index is -4.45. The maximum atomic E-state index is 13.1. The lowest BCUT2D eigenvalue weighted by molar-refractivity contribution is -0.143. The zero-order chi connectivity index (χ0) is 15.4. The van der Waals surface area contributed by atoms with E-state index in [-0.39, 0.29) is 11.0 Å². The third-order valence-corrected chi connectivity index (χ3v) is 4.22. The van der Waals surface area contributed by atoms with Crippen LogP contribution in [0.2, 0.25) is 0 Å². The van der Waals surface area contributed by atoms with Gasteiger partial charge in [-0.25, -0.2) is 4.79 Å². The number of hydrogen-bond acceptors (Lipinski definition) is 2. The zero-order valence-corrected chi connectivity index (χ0v) is 11.3. The van der Waals surface area contributed by atoms with Crippen molar-refractivity contribution < 1.29 is 23.1 Å². The zero-order valence-electron chi connectivity index (χ0n) is 11.3. The lowest BCUT2D eigenvalue weighted by Gasteiger charge is -2.46. The van der Waals surface area contributed by atoms with Gasteiger partial charge in [-0.15, -0.1) is 0 Å². The Balaban J connectivity index is 1.81. The number of alkyl halides is 3. The molecule has 0 aromatic carbocycles. The molecule has 1 aromatic rings. The lowest BCUT2D eigenvalue weighted by atomic mass is 9.76. The number of carboxylic acid groups (broad SMARTS) is 1. The topological polar surface area (TPSA) is 58.4 Å². The van der Waals surface area contributed by atoms with Crippen LogP contribution in [0.25, 0.3) is 5.57 Å². The van der Waals surface area contributed by atoms with Crippen molar-refractivity contribution in [1.29, 1.82) is 0 Å². The van der Waals surface area contributed by atoms with E-state index in [9.17, 15) is 18.0 Å². The summed E-state index contributed by atoms with van der Waals surface area (Å²) in [6.45, 7) is 0.758. The molecular weight excluding hydrogens is 287 g/mol. The number of nitrogens with zero attached hydrogens (tertiary/aromatic N) is 3. The van der Waals surface area contributed by atoms with Crippen molar-refractivity contribution in [3.8, 4) is 0 Å². The summed E-state index contributed by atoms with van der Waals surface area (Å²) < 4.78 is 40.1. The van der Waals surface area contributed by atoms with Gasteiger partial charge in [-0.05, 0) is 18.4 Å². The average molecular weight is 301 g/mol. The summed E-state index contributed by atoms with van der Waals surface area (Å²) in [5.41, 5.74) is -0.261. The second-order valence-electron chi connectivity index (χ2n) is 5.78. The van der Waals surface area contributed by atoms with Crippen LogP contribution in [0.5, 0.6) is 0 Å². The van der Waals surface area contributed by atoms with Gasteiger partial charge >= 0.3 is 12.3 Å². The molecule has 1 N–H and O–H groups in total. The van der Waals surface area contributed by atoms with Crippen molar-refractivity contribution in [2.24, 2.45) is 12.5 Å². The fourth-order valence-corrected chi connectivity index (χ4v) is 3.24. The smallest absolute Gasteiger partial charge is 0.433 e. The Hall–Kier alpha value is -1.99. The molecule has 8 heteroatoms. The minimum Gasteiger partial charge on any atom is -0.465 e. The first-order valence-electron chi connectivity index (χ1n) is 6.48. The largest absolute Gasteiger partial charge is 0.465 e. The van der Waals surface area contributed by atoms with Crippen LogP contribution in [0.1, 0.15) is 24.1 Å². The fraction of sp³-hybridized carbons (Fsp3) is 0.538. The molecule has 1 aliphatic carbocycles. The fourth-order valence-electron chi connectivity index (χ4n) is 3.24. The third-order valence-electron chi connectivity index (χ3n) is 4.22. The van der Waals surface area contributed by atoms with Crippen LogP contribution in [0.15, 0.2) is 12.3 Å². The molecule has 1 amide bonds. The number of aryl methyl sites for hydroxylation is 1. The molecular formula is C13H14F3N3O2. The quantitative estimate of drug-likeness (QED) is 0.867. The SMILES string of the molecule is Cn1ncc(C2=CCC3(C2)CN(C(=O)O)C3)c1C(F)(F)F. The molecule has 2 heterocycles. The number of allylic oxidation sites excluding steroid dienone is 2. The molecule has 3 rings (SSSR count). The summed E-state index contributed by atoms with van der Waals surface area (Å²) in [4.78, 5) is 12.1. The van der Waals surface area contributed by atoms with E-state index in [0.29, 0.717) is 31.5 Å². The van der Waals surface area contributed by atoms with Gasteiger partial charge in [-0.2, -0.15) is 18.3 Å². The summed E-state index contributed by atoms with van der Waals surface area (Å²) in [6.07, 6.45) is -1.34. The first-order chi connectivity index (χ1) is 9.72. The van der Waals surface area contributed by atoms with Gasteiger partial charge in [0, 0.05) is 31.1 Å². The van der Waals surface area contributed by atoms with Gasteiger partial charge in [-0.1, -0.05) is 6.08 Å². The van der Waals surface area contributed by atoms with Gasteiger partial charge in [0.05, 0.1) is 6.20 Å². The van der Waals surface area contributed by atoms with Crippen molar-refractivity contribution in [2.75, 3.05) is 13.1 Å². The van der Waals surface area contributed by atoms with Crippen LogP contribution in [0.3, 0.4) is 0 Å². The third kappa shape index (κ3) is 2.18. The normalized spacial score (nSPS) is 20.6. The molecule has 5 nitrogen and oxygen atoms in total. The van der Waals surface area contributed by atoms with Crippen LogP contribution >= 0.6 is 0 Å². The molecule has 0 bridgehead atoms. The van der Waals surface area contributed by atoms with Gasteiger partial charge < -0.3 is 10.0 Å². The number of hydrogen-bond donors (Lipinski definition) is 1. The van der Waals surface area contributed by atoms with Crippen LogP contribution in [0.4, 0.5) is 18.0 Å². The Labute approximate surface area is 118 Å². The summed E-state index contributed by atoms with van der Waals surface area (Å²) in [6, 6.07) is 0. The van der Waals surface area contributed by atoms with Crippen LogP contribution < -0.4 is 0 Å². The van der Waals surface area contributed by atoms with Gasteiger partial charge in [-0.3, -0.25) is 4.68 Å². The van der Waals surface area contributed by atoms with Gasteiger partial charge in [0.15, 0.2) is 0 Å². The predicted octanol–water partition coefficient (Wildman–Crippen LogP) is 2.60. The lowest BCUT2D eigenvalue weighted by Crippen LogP contribution is -2.57. The van der Waals surface area contributed by atoms with Crippen LogP contribution in [-0.2, 0) is 13.2 Å². The first-order valence-corrected chi connectivity index (χ1v) is 6.48. The van der Waals surface area contributed by atoms with E-state index < -0.39 is 18.0 Å². The molecule has 1 aliphatic heterocycles. The van der Waals surface area contributed by atoms with Gasteiger partial charge in [0.1, 0.15) is 5.69 Å². The molecule has 21 heavy (non-hydrogen) atoms. The standard InChI is InChI=1S/C13H14F3N3O2/c1-18-10(13(14,15)16)9(5-17-18)8-2-3-12(4-8)6-19(7-12)11(20)21/h2,5H,3-4,6-7H2,1H3,(H,20,21). The number of carbonyl (C=O) groups is 1. The van der Waals surface area contributed by atoms with E-state index in [2.05, 4.69) is 5.10 Å². The highest BCUT2D eigenvalue weighted by Crippen LogP contribution is 2.49. The van der Waals surface area contributed by atoms with E-state index in [1.54, 1.807) is 6.08 Å². The van der Waals surface area contributed by atoms with Crippen LogP contribution in [0, 0.1) is 5.41 Å². The predicted molar refractivity (Wildman–Crippen MR) is 67.5 cm³/mol. The van der Waals surface area contributed by atoms with Crippen LogP contribution in [-0.4, -0.2) is 39.0 Å². The van der Waals surface area contributed by atoms with Crippen molar-refractivity contribution in [3.63, 3.8) is 0 Å². The molecule has 1 spiro atoms. The van der Waals surface area contributed by atoms with E-state index in [4.69, 9.17) is 5.11 Å². The summed E-state index contributed by atoms with van der Waals surface area (Å²) >= 11 is 0. The number of aromatic nitrogens is 2. The van der Waals surface area contributed by atoms with E-state index in [1.165, 1.54) is 18.1 Å². The van der Waals surface area contributed by atoms with Gasteiger partial charge in [0.25, 0.3) is 0 Å². The summed E-state index contributed by atoms with van der Waals surface area (Å²) in [7, 11) is 1.27. The number of amides is 1. The number of halogens is 3. The molecule has 0 atom stereocenters. The van der Waals surface area contributed by atoms with Crippen molar-refractivity contribution >= 4 is 11.7 Å². The summed E-state index contributed by atoms with van der Waals surface area (Å²) in [5, 5.41) is 12.6. The Morgan fingerprint density at radius 3 is 2.67 bits per heavy atom. The van der Waals surface area contributed by atoms with E-state index >= 15 is 0 Å². The second kappa shape index (κ2) is 4.25. The number of likely N-dealkylation sites (tertiary alicyclic amines) is 1. The second-order valence-corrected chi connectivity index (χ2v) is 5.78. The Morgan fingerprint density at radius 1 is 1.43 bits per heavy atom. The average Bonchev–Trinajstić information content (AvgIpc) is 2.88. The Kier molecular flexibility index (Phi) is 2.83. The van der Waals surface area contributed by atoms with Crippen molar-refractivity contribution in [1.82, 2.24) is 14.7 Å².